The summed E-state index contributed by atoms with van der Waals surface area (Å²) < 4.78 is 5.02. The number of Topliss-reactive ketones (excluding diaryl/α,β-unsaturated/α-hetero) is 1. The molecule has 2 aromatic rings. The van der Waals surface area contributed by atoms with Crippen LogP contribution in [-0.2, 0) is 20.7 Å². The number of ketones is 1. The maximum Gasteiger partial charge on any atom is 0.310 e. The Hall–Kier alpha value is -2.47. The summed E-state index contributed by atoms with van der Waals surface area (Å²) in [6.45, 7) is 3.66. The SMILES string of the molecule is CC(C)CC(=O)Nc1ccc(C(=O)COC(=O)Cc2ccsc2)cc1. The molecule has 6 heteroatoms. The number of thiophene rings is 1. The first-order valence-corrected chi connectivity index (χ1v) is 8.98. The molecule has 0 saturated heterocycles. The van der Waals surface area contributed by atoms with Crippen molar-refractivity contribution in [1.29, 1.82) is 0 Å². The molecule has 0 aliphatic rings. The molecule has 0 radical (unpaired) electrons. The molecule has 0 fully saturated rings. The van der Waals surface area contributed by atoms with Crippen LogP contribution in [0.2, 0.25) is 0 Å². The van der Waals surface area contributed by atoms with Crippen molar-refractivity contribution in [2.45, 2.75) is 26.7 Å². The monoisotopic (exact) mass is 359 g/mol. The van der Waals surface area contributed by atoms with E-state index in [2.05, 4.69) is 5.32 Å². The number of carbonyl (C=O) groups is 3. The van der Waals surface area contributed by atoms with Gasteiger partial charge in [0, 0.05) is 17.7 Å². The lowest BCUT2D eigenvalue weighted by Crippen LogP contribution is -2.16. The standard InChI is InChI=1S/C19H21NO4S/c1-13(2)9-18(22)20-16-5-3-15(4-6-16)17(21)11-24-19(23)10-14-7-8-25-12-14/h3-8,12-13H,9-11H2,1-2H3,(H,20,22). The summed E-state index contributed by atoms with van der Waals surface area (Å²) in [5, 5.41) is 6.53. The van der Waals surface area contributed by atoms with Crippen LogP contribution < -0.4 is 5.32 Å². The predicted octanol–water partition coefficient (Wildman–Crippen LogP) is 3.70. The van der Waals surface area contributed by atoms with Gasteiger partial charge in [0.2, 0.25) is 5.91 Å². The molecule has 1 aromatic heterocycles. The molecule has 0 atom stereocenters. The fraction of sp³-hybridized carbons (Fsp3) is 0.316. The van der Waals surface area contributed by atoms with Gasteiger partial charge >= 0.3 is 5.97 Å². The highest BCUT2D eigenvalue weighted by Crippen LogP contribution is 2.12. The number of hydrogen-bond donors (Lipinski definition) is 1. The first kappa shape index (κ1) is 18.9. The predicted molar refractivity (Wildman–Crippen MR) is 97.8 cm³/mol. The molecule has 2 rings (SSSR count). The number of benzene rings is 1. The fourth-order valence-electron chi connectivity index (χ4n) is 2.16. The molecule has 5 nitrogen and oxygen atoms in total. The van der Waals surface area contributed by atoms with Gasteiger partial charge in [0.25, 0.3) is 0 Å². The second-order valence-electron chi connectivity index (χ2n) is 6.12. The number of anilines is 1. The van der Waals surface area contributed by atoms with Crippen molar-refractivity contribution in [3.63, 3.8) is 0 Å². The summed E-state index contributed by atoms with van der Waals surface area (Å²) in [6, 6.07) is 8.40. The van der Waals surface area contributed by atoms with Crippen LogP contribution in [0.15, 0.2) is 41.1 Å². The van der Waals surface area contributed by atoms with E-state index in [1.54, 1.807) is 24.3 Å². The number of hydrogen-bond acceptors (Lipinski definition) is 5. The quantitative estimate of drug-likeness (QED) is 0.576. The Morgan fingerprint density at radius 3 is 2.44 bits per heavy atom. The van der Waals surface area contributed by atoms with Gasteiger partial charge in [-0.3, -0.25) is 14.4 Å². The van der Waals surface area contributed by atoms with Crippen molar-refractivity contribution in [1.82, 2.24) is 0 Å². The van der Waals surface area contributed by atoms with Crippen molar-refractivity contribution < 1.29 is 19.1 Å². The zero-order valence-electron chi connectivity index (χ0n) is 14.3. The number of esters is 1. The van der Waals surface area contributed by atoms with Crippen LogP contribution >= 0.6 is 11.3 Å². The first-order valence-electron chi connectivity index (χ1n) is 8.04. The third-order valence-electron chi connectivity index (χ3n) is 3.38. The molecule has 1 N–H and O–H groups in total. The summed E-state index contributed by atoms with van der Waals surface area (Å²) in [7, 11) is 0. The van der Waals surface area contributed by atoms with Crippen LogP contribution in [0.4, 0.5) is 5.69 Å². The van der Waals surface area contributed by atoms with Gasteiger partial charge in [-0.25, -0.2) is 0 Å². The highest BCUT2D eigenvalue weighted by Gasteiger charge is 2.11. The van der Waals surface area contributed by atoms with Crippen LogP contribution in [0.3, 0.4) is 0 Å². The zero-order valence-corrected chi connectivity index (χ0v) is 15.1. The molecule has 0 unspecified atom stereocenters. The Kier molecular flexibility index (Phi) is 6.89. The summed E-state index contributed by atoms with van der Waals surface area (Å²) in [6.07, 6.45) is 0.609. The minimum absolute atomic E-state index is 0.0589. The van der Waals surface area contributed by atoms with Crippen molar-refractivity contribution >= 4 is 34.7 Å². The highest BCUT2D eigenvalue weighted by molar-refractivity contribution is 7.08. The number of rotatable bonds is 8. The molecular weight excluding hydrogens is 338 g/mol. The van der Waals surface area contributed by atoms with Gasteiger partial charge in [0.05, 0.1) is 6.42 Å². The summed E-state index contributed by atoms with van der Waals surface area (Å²) >= 11 is 1.51. The second-order valence-corrected chi connectivity index (χ2v) is 6.90. The number of carbonyl (C=O) groups excluding carboxylic acids is 3. The van der Waals surface area contributed by atoms with E-state index in [1.165, 1.54) is 11.3 Å². The number of ether oxygens (including phenoxy) is 1. The average Bonchev–Trinajstić information content (AvgIpc) is 3.05. The van der Waals surface area contributed by atoms with E-state index in [0.717, 1.165) is 5.56 Å². The van der Waals surface area contributed by atoms with E-state index in [1.807, 2.05) is 30.7 Å². The van der Waals surface area contributed by atoms with Crippen molar-refractivity contribution in [2.75, 3.05) is 11.9 Å². The Labute approximate surface area is 151 Å². The topological polar surface area (TPSA) is 72.5 Å². The minimum atomic E-state index is -0.427. The Morgan fingerprint density at radius 2 is 1.84 bits per heavy atom. The summed E-state index contributed by atoms with van der Waals surface area (Å²) in [4.78, 5) is 35.5. The van der Waals surface area contributed by atoms with Crippen LogP contribution in [0, 0.1) is 5.92 Å². The Bertz CT molecular complexity index is 720. The van der Waals surface area contributed by atoms with E-state index >= 15 is 0 Å². The van der Waals surface area contributed by atoms with Crippen LogP contribution in [-0.4, -0.2) is 24.3 Å². The third-order valence-corrected chi connectivity index (χ3v) is 4.11. The van der Waals surface area contributed by atoms with Crippen LogP contribution in [0.1, 0.15) is 36.2 Å². The maximum absolute atomic E-state index is 12.1. The molecule has 1 amide bonds. The van der Waals surface area contributed by atoms with E-state index < -0.39 is 5.97 Å². The van der Waals surface area contributed by atoms with Crippen LogP contribution in [0.25, 0.3) is 0 Å². The maximum atomic E-state index is 12.1. The second kappa shape index (κ2) is 9.13. The molecule has 1 heterocycles. The van der Waals surface area contributed by atoms with E-state index in [4.69, 9.17) is 4.74 Å². The van der Waals surface area contributed by atoms with Crippen molar-refractivity contribution in [2.24, 2.45) is 5.92 Å². The molecule has 1 aromatic carbocycles. The first-order chi connectivity index (χ1) is 11.9. The van der Waals surface area contributed by atoms with E-state index in [9.17, 15) is 14.4 Å². The Morgan fingerprint density at radius 1 is 1.12 bits per heavy atom. The molecule has 0 aliphatic carbocycles. The Balaban J connectivity index is 1.81. The minimum Gasteiger partial charge on any atom is -0.457 e. The lowest BCUT2D eigenvalue weighted by Gasteiger charge is -2.08. The molecule has 0 aliphatic heterocycles. The summed E-state index contributed by atoms with van der Waals surface area (Å²) in [5.41, 5.74) is 1.95. The van der Waals surface area contributed by atoms with Crippen molar-refractivity contribution in [3.05, 3.63) is 52.2 Å². The number of amides is 1. The third kappa shape index (κ3) is 6.51. The highest BCUT2D eigenvalue weighted by atomic mass is 32.1. The van der Waals surface area contributed by atoms with Gasteiger partial charge < -0.3 is 10.1 Å². The lowest BCUT2D eigenvalue weighted by atomic mass is 10.1. The molecule has 0 bridgehead atoms. The molecular formula is C19H21NO4S. The van der Waals surface area contributed by atoms with Crippen LogP contribution in [0.5, 0.6) is 0 Å². The van der Waals surface area contributed by atoms with Gasteiger partial charge in [0.15, 0.2) is 12.4 Å². The molecule has 0 saturated carbocycles. The molecule has 132 valence electrons. The van der Waals surface area contributed by atoms with Gasteiger partial charge in [0.1, 0.15) is 0 Å². The van der Waals surface area contributed by atoms with E-state index in [0.29, 0.717) is 17.7 Å². The van der Waals surface area contributed by atoms with E-state index in [-0.39, 0.29) is 30.6 Å². The molecule has 0 spiro atoms. The van der Waals surface area contributed by atoms with Gasteiger partial charge in [-0.1, -0.05) is 13.8 Å². The van der Waals surface area contributed by atoms with Crippen molar-refractivity contribution in [3.8, 4) is 0 Å². The molecule has 25 heavy (non-hydrogen) atoms. The fourth-order valence-corrected chi connectivity index (χ4v) is 2.83. The zero-order chi connectivity index (χ0) is 18.2. The largest absolute Gasteiger partial charge is 0.457 e. The normalized spacial score (nSPS) is 10.5. The summed E-state index contributed by atoms with van der Waals surface area (Å²) in [5.74, 6) is -0.482. The average molecular weight is 359 g/mol. The number of nitrogens with one attached hydrogen (secondary N) is 1. The smallest absolute Gasteiger partial charge is 0.310 e. The lowest BCUT2D eigenvalue weighted by molar-refractivity contribution is -0.141. The van der Waals surface area contributed by atoms with Gasteiger partial charge in [-0.15, -0.1) is 0 Å². The van der Waals surface area contributed by atoms with Gasteiger partial charge in [-0.2, -0.15) is 11.3 Å². The van der Waals surface area contributed by atoms with Gasteiger partial charge in [-0.05, 0) is 52.6 Å².